The van der Waals surface area contributed by atoms with E-state index < -0.39 is 11.2 Å². The number of unbranched alkanes of at least 4 members (excludes halogenated alkanes) is 3. The highest BCUT2D eigenvalue weighted by molar-refractivity contribution is 5.69. The summed E-state index contributed by atoms with van der Waals surface area (Å²) in [6.45, 7) is 13.5. The molecule has 0 bridgehead atoms. The predicted octanol–water partition coefficient (Wildman–Crippen LogP) is 3.74. The van der Waals surface area contributed by atoms with Crippen LogP contribution in [0.2, 0.25) is 0 Å². The Labute approximate surface area is 153 Å². The number of hydrogen-bond acceptors (Lipinski definition) is 5. The van der Waals surface area contributed by atoms with Crippen molar-refractivity contribution in [3.05, 3.63) is 0 Å². The summed E-state index contributed by atoms with van der Waals surface area (Å²) in [6, 6.07) is 0. The zero-order valence-corrected chi connectivity index (χ0v) is 17.2. The third kappa shape index (κ3) is 17.3. The summed E-state index contributed by atoms with van der Waals surface area (Å²) in [5.41, 5.74) is -0.859. The molecule has 0 aromatic rings. The standard InChI is InChI=1S/C19H38N2O4/c1-18(2,3)24-16(22)12-10-8-9-11-14-21(7)15-13-20-17(23)25-19(4,5)6/h8-15H2,1-7H3,(H,20,23). The van der Waals surface area contributed by atoms with Gasteiger partial charge >= 0.3 is 12.1 Å². The Hall–Kier alpha value is -1.30. The number of rotatable bonds is 10. The topological polar surface area (TPSA) is 67.9 Å². The van der Waals surface area contributed by atoms with Gasteiger partial charge in [0.2, 0.25) is 0 Å². The average molecular weight is 359 g/mol. The number of carbonyl (C=O) groups excluding carboxylic acids is 2. The highest BCUT2D eigenvalue weighted by Gasteiger charge is 2.16. The molecule has 0 aliphatic rings. The number of alkyl carbamates (subject to hydrolysis) is 1. The Balaban J connectivity index is 3.57. The molecule has 0 heterocycles. The second-order valence-corrected chi connectivity index (χ2v) is 8.48. The van der Waals surface area contributed by atoms with Gasteiger partial charge in [-0.3, -0.25) is 4.79 Å². The van der Waals surface area contributed by atoms with Gasteiger partial charge in [-0.05, 0) is 68.0 Å². The van der Waals surface area contributed by atoms with Gasteiger partial charge in [0.15, 0.2) is 0 Å². The van der Waals surface area contributed by atoms with Crippen molar-refractivity contribution in [3.63, 3.8) is 0 Å². The lowest BCUT2D eigenvalue weighted by atomic mass is 10.1. The average Bonchev–Trinajstić information content (AvgIpc) is 2.38. The minimum Gasteiger partial charge on any atom is -0.460 e. The van der Waals surface area contributed by atoms with Gasteiger partial charge in [0, 0.05) is 19.5 Å². The van der Waals surface area contributed by atoms with Crippen LogP contribution in [0.4, 0.5) is 4.79 Å². The number of esters is 1. The molecule has 0 fully saturated rings. The molecule has 25 heavy (non-hydrogen) atoms. The largest absolute Gasteiger partial charge is 0.460 e. The highest BCUT2D eigenvalue weighted by Crippen LogP contribution is 2.11. The molecule has 6 heteroatoms. The van der Waals surface area contributed by atoms with Crippen molar-refractivity contribution in [2.45, 2.75) is 84.8 Å². The van der Waals surface area contributed by atoms with E-state index in [0.29, 0.717) is 13.0 Å². The Morgan fingerprint density at radius 1 is 0.840 bits per heavy atom. The second-order valence-electron chi connectivity index (χ2n) is 8.48. The molecule has 0 atom stereocenters. The van der Waals surface area contributed by atoms with Crippen LogP contribution in [0.5, 0.6) is 0 Å². The number of likely N-dealkylation sites (N-methyl/N-ethyl adjacent to an activating group) is 1. The molecule has 148 valence electrons. The molecule has 0 aliphatic carbocycles. The fourth-order valence-corrected chi connectivity index (χ4v) is 2.17. The zero-order valence-electron chi connectivity index (χ0n) is 17.2. The fraction of sp³-hybridized carbons (Fsp3) is 0.895. The van der Waals surface area contributed by atoms with E-state index in [9.17, 15) is 9.59 Å². The Morgan fingerprint density at radius 3 is 1.96 bits per heavy atom. The zero-order chi connectivity index (χ0) is 19.5. The SMILES string of the molecule is CN(CCCCCCC(=O)OC(C)(C)C)CCNC(=O)OC(C)(C)C. The molecule has 0 aromatic carbocycles. The maximum atomic E-state index is 11.6. The first-order valence-corrected chi connectivity index (χ1v) is 9.26. The van der Waals surface area contributed by atoms with Crippen LogP contribution in [0.25, 0.3) is 0 Å². The summed E-state index contributed by atoms with van der Waals surface area (Å²) in [5.74, 6) is -0.113. The van der Waals surface area contributed by atoms with Crippen molar-refractivity contribution in [2.24, 2.45) is 0 Å². The minimum atomic E-state index is -0.463. The maximum Gasteiger partial charge on any atom is 0.407 e. The third-order valence-corrected chi connectivity index (χ3v) is 3.25. The minimum absolute atomic E-state index is 0.113. The van der Waals surface area contributed by atoms with Gasteiger partial charge in [-0.1, -0.05) is 12.8 Å². The number of nitrogens with zero attached hydrogens (tertiary/aromatic N) is 1. The van der Waals surface area contributed by atoms with Crippen molar-refractivity contribution < 1.29 is 19.1 Å². The van der Waals surface area contributed by atoms with Crippen LogP contribution in [0.15, 0.2) is 0 Å². The summed E-state index contributed by atoms with van der Waals surface area (Å²) in [6.07, 6.45) is 4.20. The van der Waals surface area contributed by atoms with E-state index in [0.717, 1.165) is 38.8 Å². The number of ether oxygens (including phenoxy) is 2. The van der Waals surface area contributed by atoms with Crippen molar-refractivity contribution in [2.75, 3.05) is 26.7 Å². The summed E-state index contributed by atoms with van der Waals surface area (Å²) >= 11 is 0. The van der Waals surface area contributed by atoms with E-state index in [4.69, 9.17) is 9.47 Å². The lowest BCUT2D eigenvalue weighted by molar-refractivity contribution is -0.154. The van der Waals surface area contributed by atoms with Crippen molar-refractivity contribution >= 4 is 12.1 Å². The molecule has 0 saturated heterocycles. The molecule has 0 radical (unpaired) electrons. The lowest BCUT2D eigenvalue weighted by Crippen LogP contribution is -2.37. The Kier molecular flexibility index (Phi) is 10.8. The van der Waals surface area contributed by atoms with Crippen LogP contribution in [-0.2, 0) is 14.3 Å². The van der Waals surface area contributed by atoms with Crippen LogP contribution >= 0.6 is 0 Å². The summed E-state index contributed by atoms with van der Waals surface area (Å²) in [4.78, 5) is 25.3. The number of amides is 1. The number of nitrogens with one attached hydrogen (secondary N) is 1. The Bertz CT molecular complexity index is 397. The normalized spacial score (nSPS) is 12.2. The van der Waals surface area contributed by atoms with Gasteiger partial charge in [-0.25, -0.2) is 4.79 Å². The molecule has 0 rings (SSSR count). The number of carbonyl (C=O) groups is 2. The molecule has 0 aromatic heterocycles. The smallest absolute Gasteiger partial charge is 0.407 e. The predicted molar refractivity (Wildman–Crippen MR) is 101 cm³/mol. The molecule has 1 N–H and O–H groups in total. The quantitative estimate of drug-likeness (QED) is 0.476. The Morgan fingerprint density at radius 2 is 1.40 bits per heavy atom. The monoisotopic (exact) mass is 358 g/mol. The van der Waals surface area contributed by atoms with Crippen molar-refractivity contribution in [1.82, 2.24) is 10.2 Å². The molecule has 0 aliphatic heterocycles. The molecule has 6 nitrogen and oxygen atoms in total. The van der Waals surface area contributed by atoms with E-state index in [2.05, 4.69) is 10.2 Å². The summed E-state index contributed by atoms with van der Waals surface area (Å²) < 4.78 is 10.5. The molecule has 0 saturated carbocycles. The first-order valence-electron chi connectivity index (χ1n) is 9.26. The fourth-order valence-electron chi connectivity index (χ4n) is 2.17. The first-order chi connectivity index (χ1) is 11.4. The van der Waals surface area contributed by atoms with Crippen LogP contribution in [0, 0.1) is 0 Å². The van der Waals surface area contributed by atoms with Crippen molar-refractivity contribution in [1.29, 1.82) is 0 Å². The van der Waals surface area contributed by atoms with E-state index in [-0.39, 0.29) is 12.1 Å². The van der Waals surface area contributed by atoms with Crippen LogP contribution in [0.1, 0.15) is 73.6 Å². The van der Waals surface area contributed by atoms with Gasteiger partial charge in [-0.15, -0.1) is 0 Å². The second kappa shape index (κ2) is 11.3. The molecular weight excluding hydrogens is 320 g/mol. The summed E-state index contributed by atoms with van der Waals surface area (Å²) in [5, 5.41) is 2.76. The third-order valence-electron chi connectivity index (χ3n) is 3.25. The van der Waals surface area contributed by atoms with Crippen LogP contribution in [-0.4, -0.2) is 54.8 Å². The van der Waals surface area contributed by atoms with Crippen LogP contribution < -0.4 is 5.32 Å². The van der Waals surface area contributed by atoms with Gasteiger partial charge < -0.3 is 19.7 Å². The number of hydrogen-bond donors (Lipinski definition) is 1. The molecule has 0 spiro atoms. The van der Waals surface area contributed by atoms with E-state index in [1.54, 1.807) is 0 Å². The van der Waals surface area contributed by atoms with Crippen LogP contribution in [0.3, 0.4) is 0 Å². The van der Waals surface area contributed by atoms with Gasteiger partial charge in [0.25, 0.3) is 0 Å². The van der Waals surface area contributed by atoms with Crippen molar-refractivity contribution in [3.8, 4) is 0 Å². The van der Waals surface area contributed by atoms with E-state index in [1.807, 2.05) is 48.6 Å². The van der Waals surface area contributed by atoms with Gasteiger partial charge in [-0.2, -0.15) is 0 Å². The van der Waals surface area contributed by atoms with Gasteiger partial charge in [0.05, 0.1) is 0 Å². The van der Waals surface area contributed by atoms with Gasteiger partial charge in [0.1, 0.15) is 11.2 Å². The molecule has 0 unspecified atom stereocenters. The molecule has 1 amide bonds. The molecular formula is C19H38N2O4. The van der Waals surface area contributed by atoms with E-state index in [1.165, 1.54) is 0 Å². The van der Waals surface area contributed by atoms with E-state index >= 15 is 0 Å². The lowest BCUT2D eigenvalue weighted by Gasteiger charge is -2.21. The first kappa shape index (κ1) is 23.7. The maximum absolute atomic E-state index is 11.6. The summed E-state index contributed by atoms with van der Waals surface area (Å²) in [7, 11) is 2.04. The highest BCUT2D eigenvalue weighted by atomic mass is 16.6.